The quantitative estimate of drug-likeness (QED) is 0.225. The zero-order valence-corrected chi connectivity index (χ0v) is 21.9. The minimum atomic E-state index is -0.900. The first-order chi connectivity index (χ1) is 17.2. The standard InChI is InChI=1S/C27H28BrFN2O5/c1-27(2)15-35-26(36-16-27)22-11-18(25(32)31(30)20-6-4-5-19(28)13-20)12-23(29)24(22)34-14-17-7-9-21(33-3)10-8-17/h4-13,26H,14-16,30H2,1-3H3. The number of carbonyl (C=O) groups is 1. The molecule has 0 radical (unpaired) electrons. The molecule has 0 saturated carbocycles. The summed E-state index contributed by atoms with van der Waals surface area (Å²) in [6.07, 6.45) is -0.900. The van der Waals surface area contributed by atoms with Gasteiger partial charge in [-0.1, -0.05) is 48.0 Å². The first kappa shape index (κ1) is 26.1. The van der Waals surface area contributed by atoms with E-state index in [0.717, 1.165) is 21.1 Å². The van der Waals surface area contributed by atoms with E-state index in [2.05, 4.69) is 15.9 Å². The van der Waals surface area contributed by atoms with Crippen LogP contribution >= 0.6 is 15.9 Å². The molecule has 2 N–H and O–H groups in total. The van der Waals surface area contributed by atoms with Crippen molar-refractivity contribution in [3.63, 3.8) is 0 Å². The second-order valence-electron chi connectivity index (χ2n) is 9.29. The third kappa shape index (κ3) is 6.04. The summed E-state index contributed by atoms with van der Waals surface area (Å²) >= 11 is 3.36. The Morgan fingerprint density at radius 1 is 1.14 bits per heavy atom. The van der Waals surface area contributed by atoms with Crippen LogP contribution in [0.1, 0.15) is 41.6 Å². The molecule has 0 aromatic heterocycles. The summed E-state index contributed by atoms with van der Waals surface area (Å²) in [7, 11) is 1.58. The lowest BCUT2D eigenvalue weighted by atomic mass is 9.95. The van der Waals surface area contributed by atoms with Gasteiger partial charge in [0.25, 0.3) is 5.91 Å². The van der Waals surface area contributed by atoms with E-state index in [4.69, 9.17) is 24.8 Å². The first-order valence-corrected chi connectivity index (χ1v) is 12.1. The molecule has 1 fully saturated rings. The van der Waals surface area contributed by atoms with Crippen LogP contribution in [0.25, 0.3) is 0 Å². The van der Waals surface area contributed by atoms with Crippen LogP contribution < -0.4 is 20.3 Å². The fourth-order valence-electron chi connectivity index (χ4n) is 3.70. The summed E-state index contributed by atoms with van der Waals surface area (Å²) in [6.45, 7) is 4.91. The maximum absolute atomic E-state index is 15.5. The highest BCUT2D eigenvalue weighted by Crippen LogP contribution is 2.38. The Morgan fingerprint density at radius 2 is 1.83 bits per heavy atom. The zero-order valence-electron chi connectivity index (χ0n) is 20.3. The van der Waals surface area contributed by atoms with Crippen molar-refractivity contribution in [3.8, 4) is 11.5 Å². The Kier molecular flexibility index (Phi) is 7.94. The minimum Gasteiger partial charge on any atom is -0.497 e. The zero-order chi connectivity index (χ0) is 25.9. The molecule has 3 aromatic carbocycles. The summed E-state index contributed by atoms with van der Waals surface area (Å²) in [5, 5.41) is 0.965. The van der Waals surface area contributed by atoms with E-state index < -0.39 is 18.0 Å². The average Bonchev–Trinajstić information content (AvgIpc) is 2.87. The molecule has 1 amide bonds. The van der Waals surface area contributed by atoms with Gasteiger partial charge in [-0.15, -0.1) is 0 Å². The molecule has 0 bridgehead atoms. The number of anilines is 1. The van der Waals surface area contributed by atoms with Crippen LogP contribution in [0.15, 0.2) is 65.1 Å². The molecule has 190 valence electrons. The van der Waals surface area contributed by atoms with E-state index >= 15 is 4.39 Å². The first-order valence-electron chi connectivity index (χ1n) is 11.3. The van der Waals surface area contributed by atoms with Gasteiger partial charge < -0.3 is 18.9 Å². The van der Waals surface area contributed by atoms with Gasteiger partial charge in [-0.25, -0.2) is 15.2 Å². The van der Waals surface area contributed by atoms with E-state index in [1.54, 1.807) is 37.4 Å². The van der Waals surface area contributed by atoms with Crippen molar-refractivity contribution in [2.75, 3.05) is 25.3 Å². The fourth-order valence-corrected chi connectivity index (χ4v) is 4.08. The monoisotopic (exact) mass is 558 g/mol. The molecule has 0 unspecified atom stereocenters. The summed E-state index contributed by atoms with van der Waals surface area (Å²) in [6, 6.07) is 16.8. The van der Waals surface area contributed by atoms with E-state index in [0.29, 0.717) is 24.7 Å². The average molecular weight is 559 g/mol. The second kappa shape index (κ2) is 11.0. The number of nitrogens with zero attached hydrogens (tertiary/aromatic N) is 1. The van der Waals surface area contributed by atoms with Crippen molar-refractivity contribution < 1.29 is 28.1 Å². The lowest BCUT2D eigenvalue weighted by Gasteiger charge is -2.35. The molecule has 0 spiro atoms. The number of hydrogen-bond acceptors (Lipinski definition) is 6. The Morgan fingerprint density at radius 3 is 2.47 bits per heavy atom. The van der Waals surface area contributed by atoms with Crippen LogP contribution in [-0.4, -0.2) is 26.2 Å². The molecule has 7 nitrogen and oxygen atoms in total. The van der Waals surface area contributed by atoms with E-state index in [1.807, 2.05) is 32.0 Å². The number of hydrogen-bond donors (Lipinski definition) is 1. The van der Waals surface area contributed by atoms with Crippen molar-refractivity contribution in [3.05, 3.63) is 87.6 Å². The van der Waals surface area contributed by atoms with Crippen molar-refractivity contribution in [1.29, 1.82) is 0 Å². The summed E-state index contributed by atoms with van der Waals surface area (Å²) < 4.78 is 39.1. The number of methoxy groups -OCH3 is 1. The van der Waals surface area contributed by atoms with Gasteiger partial charge in [-0.3, -0.25) is 4.79 Å². The third-order valence-electron chi connectivity index (χ3n) is 5.67. The van der Waals surface area contributed by atoms with Crippen LogP contribution in [0.5, 0.6) is 11.5 Å². The molecule has 1 heterocycles. The molecule has 4 rings (SSSR count). The lowest BCUT2D eigenvalue weighted by Crippen LogP contribution is -2.38. The molecule has 1 aliphatic heterocycles. The normalized spacial score (nSPS) is 15.4. The van der Waals surface area contributed by atoms with Crippen molar-refractivity contribution in [2.24, 2.45) is 11.3 Å². The van der Waals surface area contributed by atoms with Crippen molar-refractivity contribution in [1.82, 2.24) is 0 Å². The number of halogens is 2. The van der Waals surface area contributed by atoms with Gasteiger partial charge in [0, 0.05) is 15.5 Å². The number of carbonyl (C=O) groups excluding carboxylic acids is 1. The van der Waals surface area contributed by atoms with Gasteiger partial charge in [0.1, 0.15) is 12.4 Å². The molecule has 0 aliphatic carbocycles. The SMILES string of the molecule is COc1ccc(COc2c(F)cc(C(=O)N(N)c3cccc(Br)c3)cc2C2OCC(C)(C)CO2)cc1. The van der Waals surface area contributed by atoms with E-state index in [1.165, 1.54) is 6.07 Å². The molecular formula is C27H28BrFN2O5. The van der Waals surface area contributed by atoms with Crippen LogP contribution in [0.2, 0.25) is 0 Å². The van der Waals surface area contributed by atoms with Gasteiger partial charge in [0.05, 0.1) is 31.6 Å². The van der Waals surface area contributed by atoms with Crippen LogP contribution in [-0.2, 0) is 16.1 Å². The predicted octanol–water partition coefficient (Wildman–Crippen LogP) is 5.77. The second-order valence-corrected chi connectivity index (χ2v) is 10.2. The van der Waals surface area contributed by atoms with Gasteiger partial charge in [0.15, 0.2) is 17.9 Å². The van der Waals surface area contributed by atoms with Crippen molar-refractivity contribution >= 4 is 27.5 Å². The maximum atomic E-state index is 15.5. The van der Waals surface area contributed by atoms with Crippen LogP contribution in [0.4, 0.5) is 10.1 Å². The largest absolute Gasteiger partial charge is 0.497 e. The highest BCUT2D eigenvalue weighted by atomic mass is 79.9. The van der Waals surface area contributed by atoms with Crippen LogP contribution in [0.3, 0.4) is 0 Å². The Bertz CT molecular complexity index is 1230. The number of nitrogens with two attached hydrogens (primary N) is 1. The molecule has 36 heavy (non-hydrogen) atoms. The van der Waals surface area contributed by atoms with E-state index in [9.17, 15) is 4.79 Å². The van der Waals surface area contributed by atoms with Gasteiger partial charge >= 0.3 is 0 Å². The molecular weight excluding hydrogens is 531 g/mol. The number of amides is 1. The Hall–Kier alpha value is -2.98. The van der Waals surface area contributed by atoms with Crippen LogP contribution in [0, 0.1) is 11.2 Å². The number of hydrazine groups is 1. The van der Waals surface area contributed by atoms with Gasteiger partial charge in [-0.05, 0) is 48.0 Å². The molecule has 1 aliphatic rings. The summed E-state index contributed by atoms with van der Waals surface area (Å²) in [5.41, 5.74) is 1.39. The van der Waals surface area contributed by atoms with Crippen molar-refractivity contribution in [2.45, 2.75) is 26.7 Å². The Balaban J connectivity index is 1.65. The smallest absolute Gasteiger partial charge is 0.272 e. The van der Waals surface area contributed by atoms with Gasteiger partial charge in [0.2, 0.25) is 0 Å². The highest BCUT2D eigenvalue weighted by Gasteiger charge is 2.33. The fraction of sp³-hybridized carbons (Fsp3) is 0.296. The summed E-state index contributed by atoms with van der Waals surface area (Å²) in [4.78, 5) is 13.2. The van der Waals surface area contributed by atoms with Gasteiger partial charge in [-0.2, -0.15) is 0 Å². The molecule has 0 atom stereocenters. The minimum absolute atomic E-state index is 0.0406. The molecule has 3 aromatic rings. The number of ether oxygens (including phenoxy) is 4. The highest BCUT2D eigenvalue weighted by molar-refractivity contribution is 9.10. The van der Waals surface area contributed by atoms with E-state index in [-0.39, 0.29) is 28.9 Å². The number of rotatable bonds is 7. The predicted molar refractivity (Wildman–Crippen MR) is 137 cm³/mol. The molecule has 9 heteroatoms. The molecule has 1 saturated heterocycles. The summed E-state index contributed by atoms with van der Waals surface area (Å²) in [5.74, 6) is 5.44. The number of benzene rings is 3. The third-order valence-corrected chi connectivity index (χ3v) is 6.16. The maximum Gasteiger partial charge on any atom is 0.272 e. The Labute approximate surface area is 218 Å². The lowest BCUT2D eigenvalue weighted by molar-refractivity contribution is -0.226. The topological polar surface area (TPSA) is 83.3 Å².